The predicted molar refractivity (Wildman–Crippen MR) is 123 cm³/mol. The highest BCUT2D eigenvalue weighted by molar-refractivity contribution is 8.15. The number of nitrogens with one attached hydrogen (secondary N) is 2. The number of hydrogen-bond acceptors (Lipinski definition) is 5. The maximum atomic E-state index is 13.0. The van der Waals surface area contributed by atoms with Gasteiger partial charge in [-0.15, -0.1) is 5.10 Å². The summed E-state index contributed by atoms with van der Waals surface area (Å²) in [5, 5.41) is 15.6. The van der Waals surface area contributed by atoms with Crippen molar-refractivity contribution in [2.75, 3.05) is 5.32 Å². The molecule has 1 saturated heterocycles. The Morgan fingerprint density at radius 1 is 1.10 bits per heavy atom. The van der Waals surface area contributed by atoms with Crippen LogP contribution in [0.15, 0.2) is 76.9 Å². The highest BCUT2D eigenvalue weighted by Gasteiger charge is 2.30. The lowest BCUT2D eigenvalue weighted by molar-refractivity contribution is -0.123. The highest BCUT2D eigenvalue weighted by atomic mass is 32.2. The Morgan fingerprint density at radius 2 is 1.84 bits per heavy atom. The zero-order valence-electron chi connectivity index (χ0n) is 16.6. The Balaban J connectivity index is 1.51. The van der Waals surface area contributed by atoms with Crippen LogP contribution in [0, 0.1) is 5.82 Å². The smallest absolute Gasteiger partial charge is 0.238 e. The van der Waals surface area contributed by atoms with E-state index in [2.05, 4.69) is 20.8 Å². The van der Waals surface area contributed by atoms with E-state index in [1.165, 1.54) is 24.3 Å². The van der Waals surface area contributed by atoms with Crippen molar-refractivity contribution in [2.24, 2.45) is 10.2 Å². The van der Waals surface area contributed by atoms with Gasteiger partial charge in [0, 0.05) is 17.7 Å². The van der Waals surface area contributed by atoms with Gasteiger partial charge in [0.25, 0.3) is 0 Å². The predicted octanol–water partition coefficient (Wildman–Crippen LogP) is 4.32. The van der Waals surface area contributed by atoms with Crippen LogP contribution >= 0.6 is 11.8 Å². The zero-order chi connectivity index (χ0) is 21.8. The molecule has 31 heavy (non-hydrogen) atoms. The first-order valence-electron chi connectivity index (χ1n) is 9.63. The number of carbonyl (C=O) groups is 2. The van der Waals surface area contributed by atoms with E-state index in [4.69, 9.17) is 0 Å². The molecule has 0 radical (unpaired) electrons. The van der Waals surface area contributed by atoms with Crippen molar-refractivity contribution in [3.8, 4) is 0 Å². The summed E-state index contributed by atoms with van der Waals surface area (Å²) < 4.78 is 13.0. The second-order valence-corrected chi connectivity index (χ2v) is 8.16. The molecule has 3 aromatic rings. The number of nitrogens with zero attached hydrogens (tertiary/aromatic N) is 2. The van der Waals surface area contributed by atoms with E-state index in [1.807, 2.05) is 49.4 Å². The molecule has 1 aliphatic heterocycles. The van der Waals surface area contributed by atoms with E-state index in [1.54, 1.807) is 0 Å². The molecule has 0 aromatic heterocycles. The number of rotatable bonds is 4. The number of carbonyl (C=O) groups excluding carboxylic acids is 2. The van der Waals surface area contributed by atoms with Gasteiger partial charge in [-0.1, -0.05) is 54.2 Å². The molecule has 1 unspecified atom stereocenters. The fourth-order valence-corrected chi connectivity index (χ4v) is 4.14. The first kappa shape index (κ1) is 20.7. The molecule has 4 rings (SSSR count). The molecule has 0 spiro atoms. The van der Waals surface area contributed by atoms with E-state index in [-0.39, 0.29) is 23.4 Å². The van der Waals surface area contributed by atoms with Crippen molar-refractivity contribution in [3.05, 3.63) is 78.1 Å². The SMILES string of the molecule is C/C(=N\N=C1\NC(=O)CC(C(=O)Nc2ccc(F)cc2)S1)c1cccc2ccccc12. The van der Waals surface area contributed by atoms with E-state index < -0.39 is 11.1 Å². The maximum Gasteiger partial charge on any atom is 0.238 e. The van der Waals surface area contributed by atoms with Gasteiger partial charge in [0.1, 0.15) is 11.1 Å². The summed E-state index contributed by atoms with van der Waals surface area (Å²) in [5.41, 5.74) is 2.10. The Morgan fingerprint density at radius 3 is 2.65 bits per heavy atom. The van der Waals surface area contributed by atoms with Gasteiger partial charge in [0.2, 0.25) is 11.8 Å². The minimum Gasteiger partial charge on any atom is -0.325 e. The number of amides is 2. The van der Waals surface area contributed by atoms with Crippen molar-refractivity contribution < 1.29 is 14.0 Å². The Bertz CT molecular complexity index is 1200. The monoisotopic (exact) mass is 434 g/mol. The van der Waals surface area contributed by atoms with Crippen molar-refractivity contribution in [1.29, 1.82) is 0 Å². The van der Waals surface area contributed by atoms with Gasteiger partial charge in [-0.2, -0.15) is 5.10 Å². The molecule has 2 N–H and O–H groups in total. The van der Waals surface area contributed by atoms with Crippen LogP contribution in [-0.2, 0) is 9.59 Å². The molecule has 0 bridgehead atoms. The fraction of sp³-hybridized carbons (Fsp3) is 0.130. The van der Waals surface area contributed by atoms with Gasteiger partial charge < -0.3 is 10.6 Å². The van der Waals surface area contributed by atoms with Crippen LogP contribution in [0.2, 0.25) is 0 Å². The highest BCUT2D eigenvalue weighted by Crippen LogP contribution is 2.23. The van der Waals surface area contributed by atoms with Gasteiger partial charge in [-0.05, 0) is 42.0 Å². The molecular weight excluding hydrogens is 415 g/mol. The number of thioether (sulfide) groups is 1. The van der Waals surface area contributed by atoms with Crippen LogP contribution in [0.3, 0.4) is 0 Å². The van der Waals surface area contributed by atoms with Crippen LogP contribution < -0.4 is 10.6 Å². The summed E-state index contributed by atoms with van der Waals surface area (Å²) in [5.74, 6) is -1.05. The molecule has 156 valence electrons. The van der Waals surface area contributed by atoms with Crippen molar-refractivity contribution in [2.45, 2.75) is 18.6 Å². The second kappa shape index (κ2) is 9.09. The average Bonchev–Trinajstić information content (AvgIpc) is 2.78. The summed E-state index contributed by atoms with van der Waals surface area (Å²) in [6.07, 6.45) is 0.0166. The summed E-state index contributed by atoms with van der Waals surface area (Å²) in [6, 6.07) is 19.4. The van der Waals surface area contributed by atoms with Gasteiger partial charge in [0.15, 0.2) is 5.17 Å². The van der Waals surface area contributed by atoms with Gasteiger partial charge in [-0.3, -0.25) is 9.59 Å². The summed E-state index contributed by atoms with van der Waals surface area (Å²) in [7, 11) is 0. The number of amidine groups is 1. The van der Waals surface area contributed by atoms with Gasteiger partial charge >= 0.3 is 0 Å². The maximum absolute atomic E-state index is 13.0. The third-order valence-corrected chi connectivity index (χ3v) is 5.82. The number of halogens is 1. The van der Waals surface area contributed by atoms with Gasteiger partial charge in [-0.25, -0.2) is 4.39 Å². The minimum atomic E-state index is -0.661. The van der Waals surface area contributed by atoms with Crippen molar-refractivity contribution in [1.82, 2.24) is 5.32 Å². The number of fused-ring (bicyclic) bond motifs is 1. The van der Waals surface area contributed by atoms with Crippen LogP contribution in [0.1, 0.15) is 18.9 Å². The lowest BCUT2D eigenvalue weighted by Gasteiger charge is -2.21. The molecule has 1 aliphatic rings. The molecular formula is C23H19FN4O2S. The van der Waals surface area contributed by atoms with Crippen LogP contribution in [0.25, 0.3) is 10.8 Å². The van der Waals surface area contributed by atoms with E-state index in [0.29, 0.717) is 11.4 Å². The van der Waals surface area contributed by atoms with Crippen LogP contribution in [0.5, 0.6) is 0 Å². The number of hydrogen-bond donors (Lipinski definition) is 2. The van der Waals surface area contributed by atoms with E-state index in [9.17, 15) is 14.0 Å². The number of anilines is 1. The normalized spacial score (nSPS) is 18.1. The second-order valence-electron chi connectivity index (χ2n) is 6.97. The quantitative estimate of drug-likeness (QED) is 0.474. The molecule has 1 heterocycles. The van der Waals surface area contributed by atoms with E-state index >= 15 is 0 Å². The molecule has 1 atom stereocenters. The standard InChI is InChI=1S/C23H19FN4O2S/c1-14(18-8-4-6-15-5-2-3-7-19(15)18)27-28-23-26-21(29)13-20(31-23)22(30)25-17-11-9-16(24)10-12-17/h2-12,20H,13H2,1H3,(H,25,30)(H,26,28,29)/b27-14+. The van der Waals surface area contributed by atoms with Crippen molar-refractivity contribution >= 4 is 50.9 Å². The van der Waals surface area contributed by atoms with Crippen LogP contribution in [-0.4, -0.2) is 27.9 Å². The first-order valence-corrected chi connectivity index (χ1v) is 10.5. The summed E-state index contributed by atoms with van der Waals surface area (Å²) in [6.45, 7) is 1.85. The minimum absolute atomic E-state index is 0.0166. The first-order chi connectivity index (χ1) is 15.0. The zero-order valence-corrected chi connectivity index (χ0v) is 17.4. The summed E-state index contributed by atoms with van der Waals surface area (Å²) >= 11 is 1.13. The third-order valence-electron chi connectivity index (χ3n) is 4.75. The third kappa shape index (κ3) is 4.97. The molecule has 2 amide bonds. The lowest BCUT2D eigenvalue weighted by Crippen LogP contribution is -2.41. The number of benzene rings is 3. The van der Waals surface area contributed by atoms with E-state index in [0.717, 1.165) is 28.1 Å². The summed E-state index contributed by atoms with van der Waals surface area (Å²) in [4.78, 5) is 24.6. The average molecular weight is 434 g/mol. The molecule has 0 saturated carbocycles. The van der Waals surface area contributed by atoms with Crippen LogP contribution in [0.4, 0.5) is 10.1 Å². The largest absolute Gasteiger partial charge is 0.325 e. The molecule has 3 aromatic carbocycles. The topological polar surface area (TPSA) is 82.9 Å². The molecule has 6 nitrogen and oxygen atoms in total. The van der Waals surface area contributed by atoms with Crippen molar-refractivity contribution in [3.63, 3.8) is 0 Å². The Kier molecular flexibility index (Phi) is 6.08. The molecule has 8 heteroatoms. The fourth-order valence-electron chi connectivity index (χ4n) is 3.21. The lowest BCUT2D eigenvalue weighted by atomic mass is 10.0. The molecule has 1 fully saturated rings. The van der Waals surface area contributed by atoms with Gasteiger partial charge in [0.05, 0.1) is 5.71 Å². The Labute approximate surface area is 182 Å². The Hall–Kier alpha value is -3.52. The molecule has 0 aliphatic carbocycles.